The van der Waals surface area contributed by atoms with Crippen LogP contribution >= 0.6 is 12.2 Å². The first-order valence-corrected chi connectivity index (χ1v) is 7.05. The second-order valence-electron chi connectivity index (χ2n) is 4.30. The quantitative estimate of drug-likeness (QED) is 0.385. The molecule has 21 heavy (non-hydrogen) atoms. The van der Waals surface area contributed by atoms with Crippen LogP contribution < -0.4 is 10.7 Å². The molecular weight excluding hydrogens is 278 g/mol. The van der Waals surface area contributed by atoms with Crippen LogP contribution in [0.5, 0.6) is 0 Å². The fourth-order valence-electron chi connectivity index (χ4n) is 1.80. The molecule has 0 radical (unpaired) electrons. The van der Waals surface area contributed by atoms with E-state index in [-0.39, 0.29) is 0 Å². The lowest BCUT2D eigenvalue weighted by atomic mass is 10.0. The molecule has 0 bridgehead atoms. The van der Waals surface area contributed by atoms with Gasteiger partial charge in [-0.05, 0) is 12.2 Å². The fourth-order valence-corrected chi connectivity index (χ4v) is 1.93. The number of hydrazone groups is 1. The first-order valence-electron chi connectivity index (χ1n) is 6.64. The molecule has 3 nitrogen and oxygen atoms in total. The van der Waals surface area contributed by atoms with Crippen molar-refractivity contribution in [3.63, 3.8) is 0 Å². The van der Waals surface area contributed by atoms with Crippen molar-refractivity contribution in [2.45, 2.75) is 0 Å². The summed E-state index contributed by atoms with van der Waals surface area (Å²) in [6.07, 6.45) is 1.74. The summed E-state index contributed by atoms with van der Waals surface area (Å²) >= 11 is 5.16. The molecule has 2 N–H and O–H groups in total. The smallest absolute Gasteiger partial charge is 0.187 e. The molecule has 0 fully saturated rings. The minimum absolute atomic E-state index is 0.472. The molecule has 0 aliphatic carbocycles. The van der Waals surface area contributed by atoms with E-state index < -0.39 is 0 Å². The number of benzene rings is 2. The Morgan fingerprint density at radius 1 is 1.00 bits per heavy atom. The maximum Gasteiger partial charge on any atom is 0.187 e. The van der Waals surface area contributed by atoms with Crippen molar-refractivity contribution in [2.75, 3.05) is 6.54 Å². The van der Waals surface area contributed by atoms with Crippen molar-refractivity contribution in [1.29, 1.82) is 0 Å². The standard InChI is InChI=1S/C17H17N3S/c1-2-13-18-17(21)20-19-16(14-9-5-3-6-10-14)15-11-7-4-8-12-15/h2-12H,1,13H2,(H2,18,20,21). The van der Waals surface area contributed by atoms with Crippen LogP contribution in [0.4, 0.5) is 0 Å². The maximum atomic E-state index is 5.16. The van der Waals surface area contributed by atoms with Gasteiger partial charge >= 0.3 is 0 Å². The molecule has 0 heterocycles. The molecule has 0 saturated carbocycles. The minimum Gasteiger partial charge on any atom is -0.358 e. The van der Waals surface area contributed by atoms with Crippen LogP contribution in [0.1, 0.15) is 11.1 Å². The third kappa shape index (κ3) is 4.54. The lowest BCUT2D eigenvalue weighted by Crippen LogP contribution is -2.32. The zero-order valence-corrected chi connectivity index (χ0v) is 12.4. The van der Waals surface area contributed by atoms with E-state index in [9.17, 15) is 0 Å². The first kappa shape index (κ1) is 14.9. The first-order chi connectivity index (χ1) is 10.3. The summed E-state index contributed by atoms with van der Waals surface area (Å²) in [5.74, 6) is 0. The Labute approximate surface area is 130 Å². The van der Waals surface area contributed by atoms with Gasteiger partial charge in [0, 0.05) is 17.7 Å². The Balaban J connectivity index is 2.25. The van der Waals surface area contributed by atoms with Crippen molar-refractivity contribution in [1.82, 2.24) is 10.7 Å². The van der Waals surface area contributed by atoms with Gasteiger partial charge in [-0.25, -0.2) is 0 Å². The number of nitrogens with zero attached hydrogens (tertiary/aromatic N) is 1. The van der Waals surface area contributed by atoms with E-state index in [2.05, 4.69) is 22.4 Å². The van der Waals surface area contributed by atoms with E-state index in [0.29, 0.717) is 11.7 Å². The van der Waals surface area contributed by atoms with Gasteiger partial charge in [0.1, 0.15) is 0 Å². The van der Waals surface area contributed by atoms with Crippen LogP contribution in [-0.2, 0) is 0 Å². The maximum absolute atomic E-state index is 5.16. The van der Waals surface area contributed by atoms with Crippen LogP contribution in [0.25, 0.3) is 0 Å². The van der Waals surface area contributed by atoms with E-state index in [1.54, 1.807) is 6.08 Å². The highest BCUT2D eigenvalue weighted by Crippen LogP contribution is 2.10. The lowest BCUT2D eigenvalue weighted by molar-refractivity contribution is 0.937. The number of nitrogens with one attached hydrogen (secondary N) is 2. The molecule has 0 aliphatic heterocycles. The summed E-state index contributed by atoms with van der Waals surface area (Å²) in [6.45, 7) is 4.24. The van der Waals surface area contributed by atoms with Crippen LogP contribution in [0.2, 0.25) is 0 Å². The van der Waals surface area contributed by atoms with E-state index in [4.69, 9.17) is 12.2 Å². The Morgan fingerprint density at radius 2 is 1.52 bits per heavy atom. The van der Waals surface area contributed by atoms with Crippen molar-refractivity contribution in [2.24, 2.45) is 5.10 Å². The molecule has 0 amide bonds. The molecule has 0 unspecified atom stereocenters. The van der Waals surface area contributed by atoms with Gasteiger partial charge in [-0.3, -0.25) is 5.43 Å². The van der Waals surface area contributed by atoms with Crippen LogP contribution in [-0.4, -0.2) is 17.4 Å². The molecule has 0 aliphatic rings. The SMILES string of the molecule is C=CCNC(=S)NN=C(c1ccccc1)c1ccccc1. The summed E-state index contributed by atoms with van der Waals surface area (Å²) in [5, 5.41) is 7.90. The molecule has 0 saturated heterocycles. The highest BCUT2D eigenvalue weighted by molar-refractivity contribution is 7.80. The average molecular weight is 295 g/mol. The van der Waals surface area contributed by atoms with E-state index >= 15 is 0 Å². The Hall–Kier alpha value is -2.46. The zero-order chi connectivity index (χ0) is 14.9. The van der Waals surface area contributed by atoms with E-state index in [1.807, 2.05) is 60.7 Å². The van der Waals surface area contributed by atoms with Crippen LogP contribution in [0.3, 0.4) is 0 Å². The van der Waals surface area contributed by atoms with Gasteiger partial charge in [0.25, 0.3) is 0 Å². The Kier molecular flexibility index (Phi) is 5.67. The van der Waals surface area contributed by atoms with Crippen molar-refractivity contribution in [3.8, 4) is 0 Å². The van der Waals surface area contributed by atoms with Crippen molar-refractivity contribution in [3.05, 3.63) is 84.4 Å². The average Bonchev–Trinajstić information content (AvgIpc) is 2.55. The normalized spacial score (nSPS) is 9.52. The van der Waals surface area contributed by atoms with Crippen molar-refractivity contribution < 1.29 is 0 Å². The molecule has 2 aromatic rings. The number of thiocarbonyl (C=S) groups is 1. The third-order valence-corrected chi connectivity index (χ3v) is 3.01. The van der Waals surface area contributed by atoms with Gasteiger partial charge in [-0.15, -0.1) is 6.58 Å². The van der Waals surface area contributed by atoms with Gasteiger partial charge in [0.2, 0.25) is 0 Å². The Morgan fingerprint density at radius 3 is 2.00 bits per heavy atom. The van der Waals surface area contributed by atoms with Crippen molar-refractivity contribution >= 4 is 23.0 Å². The van der Waals surface area contributed by atoms with Gasteiger partial charge in [0.15, 0.2) is 5.11 Å². The predicted molar refractivity (Wildman–Crippen MR) is 92.5 cm³/mol. The van der Waals surface area contributed by atoms with E-state index in [1.165, 1.54) is 0 Å². The van der Waals surface area contributed by atoms with Gasteiger partial charge < -0.3 is 5.32 Å². The van der Waals surface area contributed by atoms with Gasteiger partial charge in [0.05, 0.1) is 5.71 Å². The summed E-state index contributed by atoms with van der Waals surface area (Å²) in [7, 11) is 0. The van der Waals surface area contributed by atoms with Crippen LogP contribution in [0, 0.1) is 0 Å². The summed E-state index contributed by atoms with van der Waals surface area (Å²) in [4.78, 5) is 0. The summed E-state index contributed by atoms with van der Waals surface area (Å²) < 4.78 is 0. The second-order valence-corrected chi connectivity index (χ2v) is 4.71. The predicted octanol–water partition coefficient (Wildman–Crippen LogP) is 3.09. The second kappa shape index (κ2) is 7.97. The molecule has 0 aromatic heterocycles. The highest BCUT2D eigenvalue weighted by Gasteiger charge is 2.06. The highest BCUT2D eigenvalue weighted by atomic mass is 32.1. The van der Waals surface area contributed by atoms with Crippen LogP contribution in [0.15, 0.2) is 78.4 Å². The largest absolute Gasteiger partial charge is 0.358 e. The van der Waals surface area contributed by atoms with Gasteiger partial charge in [-0.2, -0.15) is 5.10 Å². The number of rotatable bonds is 5. The summed E-state index contributed by atoms with van der Waals surface area (Å²) in [5.41, 5.74) is 5.78. The molecule has 0 spiro atoms. The molecular formula is C17H17N3S. The molecule has 2 aromatic carbocycles. The Bertz CT molecular complexity index is 579. The van der Waals surface area contributed by atoms with E-state index in [0.717, 1.165) is 16.8 Å². The summed E-state index contributed by atoms with van der Waals surface area (Å²) in [6, 6.07) is 20.0. The molecule has 0 atom stereocenters. The van der Waals surface area contributed by atoms with Gasteiger partial charge in [-0.1, -0.05) is 66.7 Å². The molecule has 2 rings (SSSR count). The molecule has 4 heteroatoms. The minimum atomic E-state index is 0.472. The monoisotopic (exact) mass is 295 g/mol. The number of hydrogen-bond donors (Lipinski definition) is 2. The number of hydrogen-bond acceptors (Lipinski definition) is 2. The third-order valence-electron chi connectivity index (χ3n) is 2.77. The lowest BCUT2D eigenvalue weighted by Gasteiger charge is -2.09. The topological polar surface area (TPSA) is 36.4 Å². The fraction of sp³-hybridized carbons (Fsp3) is 0.0588. The molecule has 106 valence electrons. The zero-order valence-electron chi connectivity index (χ0n) is 11.6.